The van der Waals surface area contributed by atoms with Gasteiger partial charge in [-0.25, -0.2) is 0 Å². The van der Waals surface area contributed by atoms with Gasteiger partial charge in [-0.15, -0.1) is 0 Å². The van der Waals surface area contributed by atoms with E-state index >= 15 is 0 Å². The van der Waals surface area contributed by atoms with Crippen LogP contribution in [0.25, 0.3) is 111 Å². The molecule has 534 valence electrons. The summed E-state index contributed by atoms with van der Waals surface area (Å²) < 4.78 is 80.5. The van der Waals surface area contributed by atoms with Gasteiger partial charge in [0.2, 0.25) is 0 Å². The number of nitrogens with zero attached hydrogens (tertiary/aromatic N) is 5. The maximum Gasteiger partial charge on any atom is 0.252 e. The van der Waals surface area contributed by atoms with Crippen molar-refractivity contribution in [3.8, 4) is 67.0 Å². The fourth-order valence-electron chi connectivity index (χ4n) is 16.8. The number of hydrogen-bond donors (Lipinski definition) is 0. The Bertz CT molecular complexity index is 6590. The van der Waals surface area contributed by atoms with Crippen LogP contribution < -0.4 is 26.2 Å². The second-order valence-electron chi connectivity index (χ2n) is 35.1. The van der Waals surface area contributed by atoms with Crippen LogP contribution in [0.5, 0.6) is 0 Å². The average molecular weight is 1420 g/mol. The Hall–Kier alpha value is -11.7. The van der Waals surface area contributed by atoms with Crippen LogP contribution in [0, 0.1) is 0 Å². The second-order valence-corrected chi connectivity index (χ2v) is 35.1. The lowest BCUT2D eigenvalue weighted by atomic mass is 9.33. The van der Waals surface area contributed by atoms with Crippen molar-refractivity contribution in [3.63, 3.8) is 0 Å². The normalized spacial score (nSPS) is 14.2. The van der Waals surface area contributed by atoms with E-state index in [1.54, 1.807) is 4.57 Å². The minimum Gasteiger partial charge on any atom is -0.310 e. The van der Waals surface area contributed by atoms with Crippen LogP contribution in [0.15, 0.2) is 297 Å². The predicted molar refractivity (Wildman–Crippen MR) is 468 cm³/mol. The van der Waals surface area contributed by atoms with Gasteiger partial charge in [-0.1, -0.05) is 316 Å². The van der Waals surface area contributed by atoms with Crippen molar-refractivity contribution in [1.29, 1.82) is 0 Å². The summed E-state index contributed by atoms with van der Waals surface area (Å²) in [4.78, 5) is 10.6. The Kier molecular flexibility index (Phi) is 14.1. The summed E-state index contributed by atoms with van der Waals surface area (Å²) in [5.74, 6) is 0. The summed E-state index contributed by atoms with van der Waals surface area (Å²) in [7, 11) is 0. The van der Waals surface area contributed by atoms with Crippen LogP contribution in [0.1, 0.15) is 143 Å². The molecule has 18 rings (SSSR count). The Morgan fingerprint density at radius 1 is 0.284 bits per heavy atom. The van der Waals surface area contributed by atoms with Crippen molar-refractivity contribution in [2.45, 2.75) is 131 Å². The summed E-state index contributed by atoms with van der Waals surface area (Å²) in [6, 6.07) is 87.8. The van der Waals surface area contributed by atoms with E-state index in [0.29, 0.717) is 5.69 Å². The van der Waals surface area contributed by atoms with Gasteiger partial charge in [-0.3, -0.25) is 4.98 Å². The summed E-state index contributed by atoms with van der Waals surface area (Å²) in [5, 5.41) is 2.36. The molecule has 0 saturated carbocycles. The number of fused-ring (bicyclic) bond motifs is 10. The number of pyridine rings is 1. The largest absolute Gasteiger partial charge is 0.310 e. The maximum atomic E-state index is 9.96. The maximum absolute atomic E-state index is 9.96. The topological polar surface area (TPSA) is 29.2 Å². The van der Waals surface area contributed by atoms with Crippen molar-refractivity contribution in [2.24, 2.45) is 0 Å². The Balaban J connectivity index is 1.06. The number of anilines is 6. The number of rotatable bonds is 9. The monoisotopic (exact) mass is 1420 g/mol. The third-order valence-electron chi connectivity index (χ3n) is 22.6. The highest BCUT2D eigenvalue weighted by molar-refractivity contribution is 7.00. The molecule has 16 aromatic rings. The van der Waals surface area contributed by atoms with E-state index < -0.39 is 43.0 Å². The molecular formula is C103H94BN5. The molecule has 0 saturated heterocycles. The van der Waals surface area contributed by atoms with Gasteiger partial charge in [0.25, 0.3) is 6.71 Å². The molecule has 0 N–H and O–H groups in total. The van der Waals surface area contributed by atoms with E-state index in [1.807, 2.05) is 6.07 Å². The molecule has 3 aromatic heterocycles. The van der Waals surface area contributed by atoms with E-state index in [2.05, 4.69) is 361 Å². The van der Waals surface area contributed by atoms with Crippen LogP contribution in [-0.4, -0.2) is 20.8 Å². The molecule has 0 amide bonds. The van der Waals surface area contributed by atoms with E-state index in [0.717, 1.165) is 134 Å². The van der Waals surface area contributed by atoms with E-state index in [-0.39, 0.29) is 61.0 Å². The van der Waals surface area contributed by atoms with E-state index in [9.17, 15) is 8.22 Å². The zero-order valence-electron chi connectivity index (χ0n) is 73.0. The third-order valence-corrected chi connectivity index (χ3v) is 22.6. The highest BCUT2D eigenvalue weighted by Crippen LogP contribution is 2.55. The minimum atomic E-state index is -0.544. The number of benzene rings is 13. The summed E-state index contributed by atoms with van der Waals surface area (Å²) in [6.07, 6.45) is 0. The van der Waals surface area contributed by atoms with E-state index in [4.69, 9.17) is 7.73 Å². The van der Waals surface area contributed by atoms with Crippen LogP contribution in [0.4, 0.5) is 34.1 Å². The Morgan fingerprint density at radius 3 is 1.07 bits per heavy atom. The van der Waals surface area contributed by atoms with Crippen LogP contribution >= 0.6 is 0 Å². The Morgan fingerprint density at radius 2 is 0.661 bits per heavy atom. The second kappa shape index (κ2) is 25.5. The molecular weight excluding hydrogens is 1320 g/mol. The molecule has 5 nitrogen and oxygen atoms in total. The molecule has 2 aliphatic rings. The molecule has 6 heteroatoms. The predicted octanol–water partition coefficient (Wildman–Crippen LogP) is 26.2. The minimum absolute atomic E-state index is 0.00342. The number of para-hydroxylation sites is 4. The van der Waals surface area contributed by atoms with Crippen LogP contribution in [0.2, 0.25) is 0 Å². The van der Waals surface area contributed by atoms with E-state index in [1.165, 1.54) is 27.5 Å². The first-order chi connectivity index (χ1) is 55.6. The van der Waals surface area contributed by atoms with Gasteiger partial charge >= 0.3 is 0 Å². The highest BCUT2D eigenvalue weighted by atomic mass is 15.2. The summed E-state index contributed by atoms with van der Waals surface area (Å²) in [5.41, 5.74) is 26.1. The smallest absolute Gasteiger partial charge is 0.252 e. The number of aromatic nitrogens is 3. The fraction of sp³-hybridized carbons (Fsp3) is 0.194. The molecule has 0 unspecified atom stereocenters. The quantitative estimate of drug-likeness (QED) is 0.135. The first-order valence-electron chi connectivity index (χ1n) is 42.3. The molecule has 5 heterocycles. The molecule has 0 bridgehead atoms. The highest BCUT2D eigenvalue weighted by Gasteiger charge is 2.46. The molecule has 0 aliphatic carbocycles. The third kappa shape index (κ3) is 11.7. The molecule has 0 fully saturated rings. The molecule has 0 radical (unpaired) electrons. The van der Waals surface area contributed by atoms with Gasteiger partial charge in [0.1, 0.15) is 0 Å². The van der Waals surface area contributed by atoms with Gasteiger partial charge in [0.05, 0.1) is 44.4 Å². The van der Waals surface area contributed by atoms with Crippen molar-refractivity contribution < 1.29 is 11.0 Å². The van der Waals surface area contributed by atoms with Gasteiger partial charge < -0.3 is 18.9 Å². The van der Waals surface area contributed by atoms with Crippen molar-refractivity contribution in [2.75, 3.05) is 9.80 Å². The van der Waals surface area contributed by atoms with Crippen molar-refractivity contribution in [3.05, 3.63) is 325 Å². The zero-order valence-corrected chi connectivity index (χ0v) is 65.0. The Labute approximate surface area is 655 Å². The summed E-state index contributed by atoms with van der Waals surface area (Å²) >= 11 is 0. The lowest BCUT2D eigenvalue weighted by Gasteiger charge is -2.46. The zero-order chi connectivity index (χ0) is 82.3. The average Bonchev–Trinajstić information content (AvgIpc) is 0.777. The van der Waals surface area contributed by atoms with Gasteiger partial charge in [-0.2, -0.15) is 0 Å². The molecule has 13 aromatic carbocycles. The summed E-state index contributed by atoms with van der Waals surface area (Å²) in [6.45, 7) is 33.3. The molecule has 2 aliphatic heterocycles. The SMILES string of the molecule is [2H]c1c([2H])c([2H])c2c(c1[2H])c1c([2H])c([2H])c([2H])c([2H])c1n2-c1ccc2c(c1)N(c1c(-c3ccccc3)cccc1-c1cc(C(C)(C)C)nc(C(C)(C)C)c1)c1cc(-c3cccc(C(C)(C)C)c3)cc3c1B2c1ccc(-n2c4ccc(C(C)(C)C)cc4c4cc(C(C)(C)C)ccc42)cc1N3c1c(-c2ccccc2)cccc1-c1ccccc1. The first kappa shape index (κ1) is 60.3. The lowest BCUT2D eigenvalue weighted by Crippen LogP contribution is -2.61. The lowest BCUT2D eigenvalue weighted by molar-refractivity contribution is 0.531. The molecule has 0 atom stereocenters. The van der Waals surface area contributed by atoms with Crippen LogP contribution in [0.3, 0.4) is 0 Å². The van der Waals surface area contributed by atoms with Gasteiger partial charge in [0.15, 0.2) is 0 Å². The first-order valence-corrected chi connectivity index (χ1v) is 38.3. The fourth-order valence-corrected chi connectivity index (χ4v) is 16.8. The van der Waals surface area contributed by atoms with Crippen molar-refractivity contribution >= 4 is 101 Å². The van der Waals surface area contributed by atoms with Crippen LogP contribution in [-0.2, 0) is 27.1 Å². The number of hydrogen-bond acceptors (Lipinski definition) is 3. The van der Waals surface area contributed by atoms with Gasteiger partial charge in [-0.05, 0) is 168 Å². The standard InChI is InChI=1S/C103H94BN5/c1-99(2,3)71-39-29-38-68(56-71)69-57-92-96-93(58-69)109(98-78(67-36-23-18-24-37-67)44-31-45-79(98)70-59-94(102(10,11)12)105-95(60-70)103(13,14)15)91-63-74(106-86-46-27-25-40-80(86)81-41-26-28-47-87(81)106)50-52-85(91)104(96)84-53-51-75(107-88-54-48-72(100(4,5)6)61-82(88)83-62-73(101(7,8)9)49-55-89(83)107)64-90(84)108(92)97-76(65-32-19-16-20-33-65)42-30-43-77(97)66-34-21-17-22-35-66/h16-64H,1-15H3/i25D,26D,27D,28D,40D,41D,46D,47D. The molecule has 109 heavy (non-hydrogen) atoms. The van der Waals surface area contributed by atoms with Crippen molar-refractivity contribution in [1.82, 2.24) is 14.1 Å². The van der Waals surface area contributed by atoms with Gasteiger partial charge in [0, 0.05) is 100 Å². The molecule has 0 spiro atoms.